The zero-order chi connectivity index (χ0) is 24.1. The second-order valence-corrected chi connectivity index (χ2v) is 10.9. The standard InChI is InChI=1S/C20H19F6N4OP/c1-10(11-6-12(19(21,22)23)8-13(27)7-11)28-17-15-9-14(32(2,3)31)4-5-16(15)29-18(30-17)20(24,25)26/h4-10H,27H2,1-3H3,(H,28,29,30)/t10-/m1/s1. The van der Waals surface area contributed by atoms with Crippen molar-refractivity contribution < 1.29 is 30.9 Å². The molecule has 0 fully saturated rings. The van der Waals surface area contributed by atoms with Gasteiger partial charge in [0.1, 0.15) is 13.0 Å². The number of hydrogen-bond acceptors (Lipinski definition) is 5. The Bertz CT molecular complexity index is 1220. The fraction of sp³-hybridized carbons (Fsp3) is 0.300. The molecule has 0 saturated carbocycles. The van der Waals surface area contributed by atoms with Gasteiger partial charge in [-0.1, -0.05) is 0 Å². The topological polar surface area (TPSA) is 80.9 Å². The van der Waals surface area contributed by atoms with Crippen molar-refractivity contribution in [3.8, 4) is 0 Å². The largest absolute Gasteiger partial charge is 0.451 e. The number of nitrogens with zero attached hydrogens (tertiary/aromatic N) is 2. The highest BCUT2D eigenvalue weighted by Gasteiger charge is 2.36. The smallest absolute Gasteiger partial charge is 0.399 e. The number of nitrogen functional groups attached to an aromatic ring is 1. The number of rotatable bonds is 4. The zero-order valence-corrected chi connectivity index (χ0v) is 18.0. The Morgan fingerprint density at radius 3 is 2.19 bits per heavy atom. The number of nitrogens with two attached hydrogens (primary N) is 1. The SMILES string of the molecule is C[C@@H](Nc1nc(C(F)(F)F)nc2ccc(P(C)(C)=O)cc12)c1cc(N)cc(C(F)(F)F)c1. The van der Waals surface area contributed by atoms with Gasteiger partial charge in [0.2, 0.25) is 5.82 Å². The first-order chi connectivity index (χ1) is 14.6. The molecule has 0 unspecified atom stereocenters. The van der Waals surface area contributed by atoms with Crippen LogP contribution in [0.2, 0.25) is 0 Å². The molecule has 1 atom stereocenters. The van der Waals surface area contributed by atoms with Crippen LogP contribution in [0.4, 0.5) is 37.8 Å². The van der Waals surface area contributed by atoms with Gasteiger partial charge in [0, 0.05) is 16.4 Å². The van der Waals surface area contributed by atoms with Gasteiger partial charge in [-0.2, -0.15) is 26.3 Å². The van der Waals surface area contributed by atoms with Crippen LogP contribution in [0.15, 0.2) is 36.4 Å². The van der Waals surface area contributed by atoms with E-state index in [0.29, 0.717) is 5.30 Å². The van der Waals surface area contributed by atoms with Crippen LogP contribution >= 0.6 is 7.14 Å². The summed E-state index contributed by atoms with van der Waals surface area (Å²) in [5, 5.41) is 3.29. The van der Waals surface area contributed by atoms with Crippen LogP contribution in [-0.2, 0) is 16.9 Å². The summed E-state index contributed by atoms with van der Waals surface area (Å²) in [6.07, 6.45) is -9.49. The molecule has 12 heteroatoms. The maximum atomic E-state index is 13.3. The number of hydrogen-bond donors (Lipinski definition) is 2. The third-order valence-electron chi connectivity index (χ3n) is 4.71. The third-order valence-corrected chi connectivity index (χ3v) is 6.23. The number of aromatic nitrogens is 2. The summed E-state index contributed by atoms with van der Waals surface area (Å²) in [7, 11) is -2.76. The lowest BCUT2D eigenvalue weighted by Crippen LogP contribution is -2.17. The van der Waals surface area contributed by atoms with Crippen molar-refractivity contribution in [1.29, 1.82) is 0 Å². The van der Waals surface area contributed by atoms with Gasteiger partial charge in [0.25, 0.3) is 0 Å². The summed E-state index contributed by atoms with van der Waals surface area (Å²) >= 11 is 0. The lowest BCUT2D eigenvalue weighted by atomic mass is 10.0. The maximum Gasteiger partial charge on any atom is 0.451 e. The molecule has 32 heavy (non-hydrogen) atoms. The van der Waals surface area contributed by atoms with E-state index >= 15 is 0 Å². The molecule has 3 N–H and O–H groups in total. The van der Waals surface area contributed by atoms with Crippen molar-refractivity contribution >= 4 is 34.9 Å². The number of alkyl halides is 6. The molecule has 1 heterocycles. The minimum atomic E-state index is -4.85. The Kier molecular flexibility index (Phi) is 5.93. The molecule has 172 valence electrons. The molecule has 2 aromatic carbocycles. The van der Waals surface area contributed by atoms with Crippen LogP contribution in [-0.4, -0.2) is 23.3 Å². The molecular formula is C20H19F6N4OP. The highest BCUT2D eigenvalue weighted by Crippen LogP contribution is 2.38. The molecule has 0 bridgehead atoms. The summed E-state index contributed by atoms with van der Waals surface area (Å²) < 4.78 is 91.8. The van der Waals surface area contributed by atoms with E-state index in [9.17, 15) is 30.9 Å². The first kappa shape index (κ1) is 23.8. The van der Waals surface area contributed by atoms with Crippen molar-refractivity contribution in [2.45, 2.75) is 25.3 Å². The van der Waals surface area contributed by atoms with Crippen molar-refractivity contribution in [2.75, 3.05) is 24.4 Å². The summed E-state index contributed by atoms with van der Waals surface area (Å²) in [6.45, 7) is 4.46. The van der Waals surface area contributed by atoms with Crippen LogP contribution in [0.1, 0.15) is 29.9 Å². The molecule has 0 aliphatic heterocycles. The van der Waals surface area contributed by atoms with E-state index in [-0.39, 0.29) is 28.0 Å². The van der Waals surface area contributed by atoms with Crippen molar-refractivity contribution in [2.24, 2.45) is 0 Å². The van der Waals surface area contributed by atoms with Crippen molar-refractivity contribution in [1.82, 2.24) is 9.97 Å². The fourth-order valence-corrected chi connectivity index (χ4v) is 3.94. The molecule has 1 aromatic heterocycles. The molecule has 3 aromatic rings. The average Bonchev–Trinajstić information content (AvgIpc) is 2.64. The first-order valence-electron chi connectivity index (χ1n) is 9.24. The van der Waals surface area contributed by atoms with E-state index in [1.165, 1.54) is 44.5 Å². The summed E-state index contributed by atoms with van der Waals surface area (Å²) in [5.74, 6) is -1.66. The Morgan fingerprint density at radius 2 is 1.62 bits per heavy atom. The van der Waals surface area contributed by atoms with E-state index in [1.807, 2.05) is 0 Å². The summed E-state index contributed by atoms with van der Waals surface area (Å²) in [6, 6.07) is 6.18. The Balaban J connectivity index is 2.14. The predicted molar refractivity (Wildman–Crippen MR) is 112 cm³/mol. The average molecular weight is 476 g/mol. The van der Waals surface area contributed by atoms with Gasteiger partial charge in [-0.3, -0.25) is 0 Å². The Hall–Kier alpha value is -2.81. The molecule has 0 radical (unpaired) electrons. The lowest BCUT2D eigenvalue weighted by Gasteiger charge is -2.20. The van der Waals surface area contributed by atoms with Crippen LogP contribution in [0, 0.1) is 0 Å². The number of benzene rings is 2. The van der Waals surface area contributed by atoms with Gasteiger partial charge in [0.05, 0.1) is 17.1 Å². The highest BCUT2D eigenvalue weighted by molar-refractivity contribution is 7.70. The normalized spacial score (nSPS) is 13.9. The molecule has 0 aliphatic carbocycles. The molecule has 0 spiro atoms. The highest BCUT2D eigenvalue weighted by atomic mass is 31.2. The van der Waals surface area contributed by atoms with E-state index in [4.69, 9.17) is 5.73 Å². The maximum absolute atomic E-state index is 13.3. The van der Waals surface area contributed by atoms with E-state index < -0.39 is 36.9 Å². The van der Waals surface area contributed by atoms with Gasteiger partial charge in [-0.05, 0) is 62.2 Å². The lowest BCUT2D eigenvalue weighted by molar-refractivity contribution is -0.144. The van der Waals surface area contributed by atoms with E-state index in [0.717, 1.165) is 12.1 Å². The third kappa shape index (κ3) is 5.15. The number of anilines is 2. The van der Waals surface area contributed by atoms with Crippen LogP contribution in [0.5, 0.6) is 0 Å². The van der Waals surface area contributed by atoms with Gasteiger partial charge in [0.15, 0.2) is 0 Å². The van der Waals surface area contributed by atoms with Gasteiger partial charge >= 0.3 is 12.4 Å². The summed E-state index contributed by atoms with van der Waals surface area (Å²) in [4.78, 5) is 7.10. The Morgan fingerprint density at radius 1 is 0.969 bits per heavy atom. The van der Waals surface area contributed by atoms with Crippen molar-refractivity contribution in [3.05, 3.63) is 53.3 Å². The second-order valence-electron chi connectivity index (χ2n) is 7.70. The van der Waals surface area contributed by atoms with Crippen molar-refractivity contribution in [3.63, 3.8) is 0 Å². The van der Waals surface area contributed by atoms with Crippen LogP contribution in [0.3, 0.4) is 0 Å². The van der Waals surface area contributed by atoms with E-state index in [1.54, 1.807) is 0 Å². The Labute approximate surface area is 179 Å². The predicted octanol–water partition coefficient (Wildman–Crippen LogP) is 5.67. The molecule has 5 nitrogen and oxygen atoms in total. The number of nitrogens with one attached hydrogen (secondary N) is 1. The number of fused-ring (bicyclic) bond motifs is 1. The molecular weight excluding hydrogens is 457 g/mol. The summed E-state index contributed by atoms with van der Waals surface area (Å²) in [5.41, 5.74) is 4.52. The molecule has 0 aliphatic rings. The quantitative estimate of drug-likeness (QED) is 0.288. The molecule has 0 amide bonds. The monoisotopic (exact) mass is 476 g/mol. The zero-order valence-electron chi connectivity index (χ0n) is 17.1. The van der Waals surface area contributed by atoms with E-state index in [2.05, 4.69) is 15.3 Å². The molecule has 0 saturated heterocycles. The minimum Gasteiger partial charge on any atom is -0.399 e. The van der Waals surface area contributed by atoms with Gasteiger partial charge in [-0.25, -0.2) is 9.97 Å². The van der Waals surface area contributed by atoms with Gasteiger partial charge in [-0.15, -0.1) is 0 Å². The van der Waals surface area contributed by atoms with Gasteiger partial charge < -0.3 is 15.6 Å². The first-order valence-corrected chi connectivity index (χ1v) is 11.8. The van der Waals surface area contributed by atoms with Crippen LogP contribution < -0.4 is 16.4 Å². The second kappa shape index (κ2) is 7.95. The fourth-order valence-electron chi connectivity index (χ4n) is 3.07. The molecule has 3 rings (SSSR count). The number of halogens is 6. The van der Waals surface area contributed by atoms with Crippen LogP contribution in [0.25, 0.3) is 10.9 Å². The minimum absolute atomic E-state index is 0.0530.